The topological polar surface area (TPSA) is 63.3 Å². The monoisotopic (exact) mass is 263 g/mol. The van der Waals surface area contributed by atoms with Gasteiger partial charge in [-0.1, -0.05) is 11.6 Å². The Hall–Kier alpha value is -0.740. The molecule has 0 saturated heterocycles. The van der Waals surface area contributed by atoms with E-state index >= 15 is 0 Å². The van der Waals surface area contributed by atoms with Crippen molar-refractivity contribution in [1.29, 1.82) is 0 Å². The van der Waals surface area contributed by atoms with E-state index in [2.05, 4.69) is 15.9 Å². The number of carbonyl (C=O) groups is 1. The molecule has 3 N–H and O–H groups in total. The lowest BCUT2D eigenvalue weighted by Gasteiger charge is -2.06. The molecule has 1 rings (SSSR count). The molecule has 0 aliphatic heterocycles. The summed E-state index contributed by atoms with van der Waals surface area (Å²) in [5.41, 5.74) is 6.42. The van der Waals surface area contributed by atoms with Gasteiger partial charge in [-0.25, -0.2) is 0 Å². The number of halogens is 2. The third-order valence-corrected chi connectivity index (χ3v) is 2.88. The summed E-state index contributed by atoms with van der Waals surface area (Å²) in [5.74, 6) is -0.952. The minimum atomic E-state index is -0.952. The summed E-state index contributed by atoms with van der Waals surface area (Å²) in [7, 11) is 0. The molecule has 1 aromatic rings. The maximum atomic E-state index is 10.5. The molecule has 0 aliphatic carbocycles. The first-order chi connectivity index (χ1) is 6.02. The summed E-state index contributed by atoms with van der Waals surface area (Å²) in [4.78, 5) is 10.5. The highest BCUT2D eigenvalue weighted by atomic mass is 79.9. The fourth-order valence-corrected chi connectivity index (χ4v) is 1.55. The molecule has 1 aromatic carbocycles. The number of benzene rings is 1. The van der Waals surface area contributed by atoms with Crippen LogP contribution in [0, 0.1) is 0 Å². The molecule has 0 atom stereocenters. The zero-order chi connectivity index (χ0) is 10.0. The number of rotatable bonds is 2. The first-order valence-corrected chi connectivity index (χ1v) is 4.63. The molecule has 0 bridgehead atoms. The van der Waals surface area contributed by atoms with E-state index in [1.807, 2.05) is 0 Å². The smallest absolute Gasteiger partial charge is 0.307 e. The molecule has 0 spiro atoms. The fourth-order valence-electron chi connectivity index (χ4n) is 0.938. The van der Waals surface area contributed by atoms with Gasteiger partial charge in [-0.15, -0.1) is 0 Å². The van der Waals surface area contributed by atoms with E-state index in [0.717, 1.165) is 0 Å². The largest absolute Gasteiger partial charge is 0.481 e. The Labute approximate surface area is 88.6 Å². The zero-order valence-electron chi connectivity index (χ0n) is 6.55. The number of nitrogens with two attached hydrogens (primary N) is 1. The Kier molecular flexibility index (Phi) is 3.17. The Morgan fingerprint density at radius 3 is 2.77 bits per heavy atom. The van der Waals surface area contributed by atoms with E-state index < -0.39 is 5.97 Å². The summed E-state index contributed by atoms with van der Waals surface area (Å²) in [5, 5.41) is 8.94. The minimum Gasteiger partial charge on any atom is -0.481 e. The van der Waals surface area contributed by atoms with Crippen molar-refractivity contribution in [2.75, 3.05) is 5.73 Å². The molecule has 0 unspecified atom stereocenters. The molecule has 13 heavy (non-hydrogen) atoms. The molecule has 0 radical (unpaired) electrons. The highest BCUT2D eigenvalue weighted by Gasteiger charge is 2.11. The van der Waals surface area contributed by atoms with Crippen molar-refractivity contribution in [2.24, 2.45) is 0 Å². The van der Waals surface area contributed by atoms with Crippen molar-refractivity contribution >= 4 is 39.2 Å². The van der Waals surface area contributed by atoms with E-state index in [4.69, 9.17) is 22.4 Å². The number of carboxylic acids is 1. The van der Waals surface area contributed by atoms with Gasteiger partial charge < -0.3 is 10.8 Å². The second-order valence-electron chi connectivity index (χ2n) is 2.50. The summed E-state index contributed by atoms with van der Waals surface area (Å²) >= 11 is 9.04. The Morgan fingerprint density at radius 2 is 2.23 bits per heavy atom. The van der Waals surface area contributed by atoms with Crippen molar-refractivity contribution in [2.45, 2.75) is 6.42 Å². The second-order valence-corrected chi connectivity index (χ2v) is 3.73. The van der Waals surface area contributed by atoms with Crippen LogP contribution in [0.25, 0.3) is 0 Å². The molecular formula is C8H7BrClNO2. The SMILES string of the molecule is Nc1ccc(Br)c(Cl)c1CC(=O)O. The Bertz CT molecular complexity index is 354. The highest BCUT2D eigenvalue weighted by Crippen LogP contribution is 2.30. The predicted molar refractivity (Wildman–Crippen MR) is 54.9 cm³/mol. The molecule has 0 heterocycles. The van der Waals surface area contributed by atoms with E-state index in [9.17, 15) is 4.79 Å². The van der Waals surface area contributed by atoms with Crippen LogP contribution in [0.15, 0.2) is 16.6 Å². The van der Waals surface area contributed by atoms with E-state index in [1.165, 1.54) is 0 Å². The summed E-state index contributed by atoms with van der Waals surface area (Å²) in [6.45, 7) is 0. The number of hydrogen-bond donors (Lipinski definition) is 2. The quantitative estimate of drug-likeness (QED) is 0.806. The van der Waals surface area contributed by atoms with Crippen LogP contribution in [-0.2, 0) is 11.2 Å². The van der Waals surface area contributed by atoms with Crippen molar-refractivity contribution in [3.8, 4) is 0 Å². The molecule has 5 heteroatoms. The first-order valence-electron chi connectivity index (χ1n) is 3.46. The molecule has 3 nitrogen and oxygen atoms in total. The highest BCUT2D eigenvalue weighted by molar-refractivity contribution is 9.10. The summed E-state index contributed by atoms with van der Waals surface area (Å²) in [6.07, 6.45) is -0.163. The van der Waals surface area contributed by atoms with Crippen molar-refractivity contribution in [1.82, 2.24) is 0 Å². The van der Waals surface area contributed by atoms with Crippen LogP contribution in [0.4, 0.5) is 5.69 Å². The lowest BCUT2D eigenvalue weighted by Crippen LogP contribution is -2.04. The van der Waals surface area contributed by atoms with Gasteiger partial charge in [-0.05, 0) is 28.1 Å². The van der Waals surface area contributed by atoms with Gasteiger partial charge in [-0.3, -0.25) is 4.79 Å². The van der Waals surface area contributed by atoms with Crippen LogP contribution in [-0.4, -0.2) is 11.1 Å². The summed E-state index contributed by atoms with van der Waals surface area (Å²) in [6, 6.07) is 3.30. The zero-order valence-corrected chi connectivity index (χ0v) is 8.89. The van der Waals surface area contributed by atoms with Crippen LogP contribution in [0.2, 0.25) is 5.02 Å². The van der Waals surface area contributed by atoms with Crippen molar-refractivity contribution in [3.05, 3.63) is 27.2 Å². The second kappa shape index (κ2) is 3.98. The van der Waals surface area contributed by atoms with E-state index in [0.29, 0.717) is 20.7 Å². The van der Waals surface area contributed by atoms with Gasteiger partial charge in [-0.2, -0.15) is 0 Å². The minimum absolute atomic E-state index is 0.163. The van der Waals surface area contributed by atoms with Crippen LogP contribution < -0.4 is 5.73 Å². The van der Waals surface area contributed by atoms with Gasteiger partial charge in [0.1, 0.15) is 0 Å². The van der Waals surface area contributed by atoms with Gasteiger partial charge >= 0.3 is 5.97 Å². The summed E-state index contributed by atoms with van der Waals surface area (Å²) < 4.78 is 0.652. The molecule has 0 amide bonds. The third-order valence-electron chi connectivity index (χ3n) is 1.56. The molecule has 0 saturated carbocycles. The first kappa shape index (κ1) is 10.3. The number of anilines is 1. The fraction of sp³-hybridized carbons (Fsp3) is 0.125. The number of carboxylic acid groups (broad SMARTS) is 1. The van der Waals surface area contributed by atoms with Crippen LogP contribution >= 0.6 is 27.5 Å². The van der Waals surface area contributed by atoms with Gasteiger partial charge in [0.25, 0.3) is 0 Å². The molecule has 0 aliphatic rings. The van der Waals surface area contributed by atoms with Gasteiger partial charge in [0.2, 0.25) is 0 Å². The van der Waals surface area contributed by atoms with Crippen LogP contribution in [0.5, 0.6) is 0 Å². The third kappa shape index (κ3) is 2.35. The lowest BCUT2D eigenvalue weighted by atomic mass is 10.1. The van der Waals surface area contributed by atoms with Crippen LogP contribution in [0.1, 0.15) is 5.56 Å². The number of nitrogen functional groups attached to an aromatic ring is 1. The average molecular weight is 265 g/mol. The maximum Gasteiger partial charge on any atom is 0.307 e. The average Bonchev–Trinajstić information content (AvgIpc) is 2.05. The maximum absolute atomic E-state index is 10.5. The number of hydrogen-bond acceptors (Lipinski definition) is 2. The van der Waals surface area contributed by atoms with Gasteiger partial charge in [0, 0.05) is 15.7 Å². The predicted octanol–water partition coefficient (Wildman–Crippen LogP) is 2.31. The standard InChI is InChI=1S/C8H7BrClNO2/c9-5-1-2-6(11)4(8(5)10)3-7(12)13/h1-2H,3,11H2,(H,12,13). The Balaban J connectivity index is 3.17. The molecule has 0 fully saturated rings. The normalized spacial score (nSPS) is 10.0. The van der Waals surface area contributed by atoms with Crippen molar-refractivity contribution < 1.29 is 9.90 Å². The van der Waals surface area contributed by atoms with Gasteiger partial charge in [0.05, 0.1) is 11.4 Å². The molecular weight excluding hydrogens is 257 g/mol. The molecule has 70 valence electrons. The van der Waals surface area contributed by atoms with Crippen molar-refractivity contribution in [3.63, 3.8) is 0 Å². The Morgan fingerprint density at radius 1 is 1.62 bits per heavy atom. The lowest BCUT2D eigenvalue weighted by molar-refractivity contribution is -0.136. The number of aliphatic carboxylic acids is 1. The molecule has 0 aromatic heterocycles. The van der Waals surface area contributed by atoms with E-state index in [1.54, 1.807) is 12.1 Å². The van der Waals surface area contributed by atoms with Gasteiger partial charge in [0.15, 0.2) is 0 Å². The van der Waals surface area contributed by atoms with Crippen LogP contribution in [0.3, 0.4) is 0 Å². The van der Waals surface area contributed by atoms with E-state index in [-0.39, 0.29) is 6.42 Å².